The fraction of sp³-hybridized carbons (Fsp3) is 0.971. The molecule has 0 aliphatic heterocycles. The van der Waals surface area contributed by atoms with E-state index in [-0.39, 0.29) is 5.97 Å². The van der Waals surface area contributed by atoms with Gasteiger partial charge in [-0.15, -0.1) is 0 Å². The van der Waals surface area contributed by atoms with E-state index in [1.807, 2.05) is 0 Å². The van der Waals surface area contributed by atoms with Crippen molar-refractivity contribution in [3.8, 4) is 0 Å². The summed E-state index contributed by atoms with van der Waals surface area (Å²) in [5, 5.41) is 0. The van der Waals surface area contributed by atoms with Gasteiger partial charge in [-0.25, -0.2) is 0 Å². The highest BCUT2D eigenvalue weighted by atomic mass is 35.7. The van der Waals surface area contributed by atoms with Crippen LogP contribution in [0.1, 0.15) is 13.8 Å². The Labute approximate surface area is 1190 Å². The van der Waals surface area contributed by atoms with Gasteiger partial charge in [0, 0.05) is 6.92 Å². The summed E-state index contributed by atoms with van der Waals surface area (Å²) >= 11 is 432. The fourth-order valence-electron chi connectivity index (χ4n) is 0.203. The van der Waals surface area contributed by atoms with Gasteiger partial charge < -0.3 is 4.74 Å². The van der Waals surface area contributed by atoms with Gasteiger partial charge in [0.2, 0.25) is 0 Å². The van der Waals surface area contributed by atoms with Crippen LogP contribution in [0.25, 0.3) is 0 Å². The lowest BCUT2D eigenvalue weighted by Gasteiger charge is -1.89. The van der Waals surface area contributed by atoms with Crippen LogP contribution >= 0.6 is 1040 Å². The first-order valence-electron chi connectivity index (χ1n) is 21.5. The number of alkyl halides is 90. The first kappa shape index (κ1) is 236. The molecule has 0 aliphatic rings. The number of ether oxygens (including phenoxy) is 1. The highest BCUT2D eigenvalue weighted by molar-refractivity contribution is 6.74. The van der Waals surface area contributed by atoms with Crippen molar-refractivity contribution in [3.05, 3.63) is 0 Å². The van der Waals surface area contributed by atoms with E-state index in [1.54, 1.807) is 6.92 Å². The number of hydrogen-bond acceptors (Lipinski definition) is 2. The van der Waals surface area contributed by atoms with Crippen LogP contribution in [0.3, 0.4) is 0 Å². The summed E-state index contributed by atoms with van der Waals surface area (Å²) in [5.41, 5.74) is 0. The van der Waals surface area contributed by atoms with Crippen molar-refractivity contribution in [2.45, 2.75) is 143 Å². The maximum absolute atomic E-state index is 9.82. The number of carbonyl (C=O) groups excluding carboxylic acids is 1. The summed E-state index contributed by atoms with van der Waals surface area (Å²) < 4.78 is -18.1. The van der Waals surface area contributed by atoms with Gasteiger partial charge >= 0.3 is 5.97 Å². The molecule has 126 heavy (non-hydrogen) atoms. The molecule has 0 saturated heterocycles. The standard InChI is InChI=1S/C4H8O2.30CHCl3/c1-3-6-4(2)5;30*2-1(3)4/h3H2,1-2H3;30*1H. The monoisotopic (exact) mass is 3630 g/mol. The second-order valence-electron chi connectivity index (χ2n) is 8.35. The van der Waals surface area contributed by atoms with Gasteiger partial charge in [0.25, 0.3) is 0 Å². The largest absolute Gasteiger partial charge is 0.466 e. The molecule has 0 aromatic carbocycles. The predicted molar refractivity (Wildman–Crippen MR) is 663 cm³/mol. The molecule has 0 spiro atoms. The molecule has 0 saturated carbocycles. The van der Waals surface area contributed by atoms with Crippen LogP contribution in [0.2, 0.25) is 0 Å². The first-order valence-corrected chi connectivity index (χ1v) is 60.8. The molecule has 92 heteroatoms. The van der Waals surface area contributed by atoms with Crippen LogP contribution in [-0.4, -0.2) is 141 Å². The van der Waals surface area contributed by atoms with Crippen molar-refractivity contribution >= 4 is 1050 Å². The Hall–Kier alpha value is 25.6. The molecule has 0 radical (unpaired) electrons. The molecule has 0 aromatic heterocycles. The van der Waals surface area contributed by atoms with E-state index in [2.05, 4.69) is 4.74 Å². The molecule has 0 atom stereocenters. The third kappa shape index (κ3) is 4040. The molecule has 0 amide bonds. The average Bonchev–Trinajstić information content (AvgIpc) is 1.18. The average molecular weight is 3670 g/mol. The van der Waals surface area contributed by atoms with E-state index < -0.39 is 129 Å². The molecule has 0 bridgehead atoms. The van der Waals surface area contributed by atoms with Gasteiger partial charge in [-0.05, 0) is 6.92 Å². The maximum Gasteiger partial charge on any atom is 0.302 e. The maximum atomic E-state index is 9.82. The van der Waals surface area contributed by atoms with Gasteiger partial charge in [-0.2, -0.15) is 0 Å². The number of hydrogen-bond donors (Lipinski definition) is 0. The lowest BCUT2D eigenvalue weighted by molar-refractivity contribution is -0.140. The molecule has 816 valence electrons. The van der Waals surface area contributed by atoms with Crippen molar-refractivity contribution in [1.29, 1.82) is 0 Å². The third-order valence-electron chi connectivity index (χ3n) is 0.348. The van der Waals surface area contributed by atoms with Crippen molar-refractivity contribution in [2.24, 2.45) is 0 Å². The van der Waals surface area contributed by atoms with Crippen molar-refractivity contribution < 1.29 is 9.53 Å². The van der Waals surface area contributed by atoms with Gasteiger partial charge in [0.05, 0.1) is 6.61 Å². The van der Waals surface area contributed by atoms with E-state index in [0.717, 1.165) is 0 Å². The van der Waals surface area contributed by atoms with Crippen LogP contribution in [0.4, 0.5) is 0 Å². The Kier molecular flexibility index (Phi) is 435. The summed E-state index contributed by atoms with van der Waals surface area (Å²) in [6, 6.07) is 0. The first-order chi connectivity index (χ1) is 54.7. The Morgan fingerprint density at radius 2 is 0.143 bits per heavy atom. The number of rotatable bonds is 1. The third-order valence-corrected chi connectivity index (χ3v) is 0.348. The normalized spacial score (nSPS) is 8.94. The molecule has 2 nitrogen and oxygen atoms in total. The number of esters is 1. The second kappa shape index (κ2) is 232. The van der Waals surface area contributed by atoms with Crippen LogP contribution in [0.5, 0.6) is 0 Å². The van der Waals surface area contributed by atoms with E-state index in [1.165, 1.54) is 6.92 Å². The summed E-state index contributed by atoms with van der Waals surface area (Å²) in [6.45, 7) is 3.65. The molecular formula is C34H38Cl90O2. The Morgan fingerprint density at radius 3 is 0.143 bits per heavy atom. The quantitative estimate of drug-likeness (QED) is 0.193. The fourth-order valence-corrected chi connectivity index (χ4v) is 0.203. The summed E-state index contributed by atoms with van der Waals surface area (Å²) in [5.74, 6) is -0.211. The lowest BCUT2D eigenvalue weighted by Crippen LogP contribution is -1.95. The second-order valence-corrected chi connectivity index (χ2v) is 67.7. The summed E-state index contributed by atoms with van der Waals surface area (Å²) in [6.07, 6.45) is 0. The molecular weight excluding hydrogens is 3630 g/mol. The van der Waals surface area contributed by atoms with Gasteiger partial charge in [0.15, 0.2) is 129 Å². The Bertz CT molecular complexity index is 828. The SMILES string of the molecule is CCOC(C)=O.ClC(Cl)Cl.ClC(Cl)Cl.ClC(Cl)Cl.ClC(Cl)Cl.ClC(Cl)Cl.ClC(Cl)Cl.ClC(Cl)Cl.ClC(Cl)Cl.ClC(Cl)Cl.ClC(Cl)Cl.ClC(Cl)Cl.ClC(Cl)Cl.ClC(Cl)Cl.ClC(Cl)Cl.ClC(Cl)Cl.ClC(Cl)Cl.ClC(Cl)Cl.ClC(Cl)Cl.ClC(Cl)Cl.ClC(Cl)Cl.ClC(Cl)Cl.ClC(Cl)Cl.ClC(Cl)Cl.ClC(Cl)Cl.ClC(Cl)Cl.ClC(Cl)Cl.ClC(Cl)Cl.ClC(Cl)Cl.ClC(Cl)Cl.ClC(Cl)Cl. The van der Waals surface area contributed by atoms with Crippen molar-refractivity contribution in [1.82, 2.24) is 0 Å². The highest BCUT2D eigenvalue weighted by Gasteiger charge is 1.90. The number of halogens is 90. The van der Waals surface area contributed by atoms with E-state index >= 15 is 0 Å². The van der Waals surface area contributed by atoms with Gasteiger partial charge in [-0.3, -0.25) is 4.79 Å². The van der Waals surface area contributed by atoms with Gasteiger partial charge in [-0.1, -0.05) is 1040 Å². The highest BCUT2D eigenvalue weighted by Crippen LogP contribution is 2.15. The minimum absolute atomic E-state index is 0.211. The summed E-state index contributed by atoms with van der Waals surface area (Å²) in [7, 11) is 0. The van der Waals surface area contributed by atoms with Crippen LogP contribution in [0.15, 0.2) is 0 Å². The van der Waals surface area contributed by atoms with Crippen LogP contribution in [0, 0.1) is 0 Å². The Morgan fingerprint density at radius 1 is 0.119 bits per heavy atom. The summed E-state index contributed by atoms with van der Waals surface area (Å²) in [4.78, 5) is 9.82. The van der Waals surface area contributed by atoms with E-state index in [9.17, 15) is 4.79 Å². The van der Waals surface area contributed by atoms with Crippen molar-refractivity contribution in [3.63, 3.8) is 0 Å². The van der Waals surface area contributed by atoms with E-state index in [0.29, 0.717) is 6.61 Å². The van der Waals surface area contributed by atoms with Gasteiger partial charge in [0.1, 0.15) is 0 Å². The molecule has 0 rings (SSSR count). The zero-order valence-electron chi connectivity index (χ0n) is 55.4. The molecule has 0 fully saturated rings. The minimum Gasteiger partial charge on any atom is -0.466 e. The number of carbonyl (C=O) groups is 1. The Balaban J connectivity index is -0.0000000255. The zero-order chi connectivity index (χ0) is 112. The minimum atomic E-state index is -0.750. The molecule has 0 aromatic rings. The lowest BCUT2D eigenvalue weighted by atomic mass is 10.8. The van der Waals surface area contributed by atoms with Crippen molar-refractivity contribution in [2.75, 3.05) is 6.61 Å². The zero-order valence-corrected chi connectivity index (χ0v) is 123. The molecule has 0 unspecified atom stereocenters. The topological polar surface area (TPSA) is 26.3 Å². The van der Waals surface area contributed by atoms with E-state index in [4.69, 9.17) is 1040 Å². The van der Waals surface area contributed by atoms with Crippen LogP contribution in [-0.2, 0) is 9.53 Å². The molecule has 0 N–H and O–H groups in total. The molecule has 0 aliphatic carbocycles. The predicted octanol–water partition coefficient (Wildman–Crippen LogP) is 60.2. The molecule has 0 heterocycles. The van der Waals surface area contributed by atoms with Crippen LogP contribution < -0.4 is 0 Å². The smallest absolute Gasteiger partial charge is 0.302 e.